The first-order valence-corrected chi connectivity index (χ1v) is 4.15. The van der Waals surface area contributed by atoms with Crippen LogP contribution in [0.2, 0.25) is 0 Å². The van der Waals surface area contributed by atoms with E-state index >= 15 is 0 Å². The predicted octanol–water partition coefficient (Wildman–Crippen LogP) is -0.00898. The molecular weight excluding hydrogens is 243 g/mol. The van der Waals surface area contributed by atoms with E-state index < -0.39 is 6.98 Å². The topological polar surface area (TPSA) is 25.8 Å². The van der Waals surface area contributed by atoms with E-state index in [1.165, 1.54) is 0 Å². The summed E-state index contributed by atoms with van der Waals surface area (Å²) >= 11 is 0. The maximum atomic E-state index is 10.7. The van der Waals surface area contributed by atoms with Crippen LogP contribution in [0.5, 0.6) is 0 Å². The van der Waals surface area contributed by atoms with Gasteiger partial charge in [-0.25, -0.2) is 0 Å². The molecular formula is C9H11BF3KN2. The molecule has 0 aliphatic heterocycles. The van der Waals surface area contributed by atoms with E-state index in [0.29, 0.717) is 0 Å². The normalized spacial score (nSPS) is 9.25. The van der Waals surface area contributed by atoms with Crippen molar-refractivity contribution in [2.45, 2.75) is 6.92 Å². The second-order valence-corrected chi connectivity index (χ2v) is 2.66. The van der Waals surface area contributed by atoms with Crippen LogP contribution in [0.25, 0.3) is 6.08 Å². The first-order chi connectivity index (χ1) is 6.89. The third-order valence-corrected chi connectivity index (χ3v) is 1.29. The molecule has 0 atom stereocenters. The van der Waals surface area contributed by atoms with Crippen molar-refractivity contribution in [3.05, 3.63) is 42.7 Å². The van der Waals surface area contributed by atoms with Crippen molar-refractivity contribution < 1.29 is 64.3 Å². The molecule has 1 aromatic heterocycles. The van der Waals surface area contributed by atoms with Crippen LogP contribution in [-0.4, -0.2) is 17.2 Å². The van der Waals surface area contributed by atoms with E-state index in [0.717, 1.165) is 11.4 Å². The van der Waals surface area contributed by atoms with Crippen LogP contribution < -0.4 is 51.4 Å². The summed E-state index contributed by atoms with van der Waals surface area (Å²) in [5, 5.41) is 7.66. The summed E-state index contributed by atoms with van der Waals surface area (Å²) in [6.07, 6.45) is 1.67. The maximum Gasteiger partial charge on any atom is 1.00 e. The molecule has 82 valence electrons. The van der Waals surface area contributed by atoms with E-state index in [1.54, 1.807) is 6.08 Å². The summed E-state index contributed by atoms with van der Waals surface area (Å²) in [6, 6.07) is 3.79. The number of hydrogen-bond acceptors (Lipinski definition) is 2. The van der Waals surface area contributed by atoms with E-state index in [1.807, 2.05) is 19.1 Å². The Hall–Kier alpha value is 0.0513. The van der Waals surface area contributed by atoms with Crippen LogP contribution in [0.4, 0.5) is 12.9 Å². The molecule has 0 amide bonds. The largest absolute Gasteiger partial charge is 1.00 e. The molecule has 0 radical (unpaired) electrons. The maximum absolute atomic E-state index is 10.7. The number of rotatable bonds is 2. The van der Waals surface area contributed by atoms with Gasteiger partial charge >= 0.3 is 58.4 Å². The van der Waals surface area contributed by atoms with Crippen molar-refractivity contribution >= 4 is 13.1 Å². The molecule has 1 rings (SSSR count). The molecule has 0 spiro atoms. The third-order valence-electron chi connectivity index (χ3n) is 1.29. The van der Waals surface area contributed by atoms with Crippen LogP contribution in [0.1, 0.15) is 11.4 Å². The van der Waals surface area contributed by atoms with Gasteiger partial charge < -0.3 is 12.9 Å². The van der Waals surface area contributed by atoms with Crippen LogP contribution in [0.3, 0.4) is 0 Å². The Bertz CT molecular complexity index is 325. The van der Waals surface area contributed by atoms with Gasteiger partial charge in [-0.1, -0.05) is 6.58 Å². The molecule has 0 saturated heterocycles. The van der Waals surface area contributed by atoms with Crippen LogP contribution in [-0.2, 0) is 0 Å². The Kier molecular flexibility index (Phi) is 10.5. The van der Waals surface area contributed by atoms with Crippen molar-refractivity contribution in [2.75, 3.05) is 0 Å². The van der Waals surface area contributed by atoms with Gasteiger partial charge in [0.25, 0.3) is 0 Å². The van der Waals surface area contributed by atoms with Gasteiger partial charge in [-0.2, -0.15) is 16.2 Å². The van der Waals surface area contributed by atoms with E-state index in [9.17, 15) is 12.9 Å². The Morgan fingerprint density at radius 1 is 1.19 bits per heavy atom. The molecule has 0 saturated carbocycles. The molecule has 0 fully saturated rings. The fourth-order valence-corrected chi connectivity index (χ4v) is 0.518. The minimum Gasteiger partial charge on any atom is -0.445 e. The molecule has 0 N–H and O–H groups in total. The van der Waals surface area contributed by atoms with Crippen LogP contribution >= 0.6 is 0 Å². The first kappa shape index (κ1) is 18.4. The monoisotopic (exact) mass is 254 g/mol. The summed E-state index contributed by atoms with van der Waals surface area (Å²) in [5.74, 6) is 0. The second-order valence-electron chi connectivity index (χ2n) is 2.66. The van der Waals surface area contributed by atoms with Gasteiger partial charge in [0, 0.05) is 0 Å². The summed E-state index contributed by atoms with van der Waals surface area (Å²) < 4.78 is 32.2. The molecule has 0 aliphatic carbocycles. The SMILES string of the molecule is C=C[B-](F)(F)F.C=Cc1ccc(C)nn1.[K+]. The Morgan fingerprint density at radius 2 is 1.69 bits per heavy atom. The molecule has 7 heteroatoms. The number of nitrogens with zero attached hydrogens (tertiary/aromatic N) is 2. The van der Waals surface area contributed by atoms with E-state index in [-0.39, 0.29) is 57.4 Å². The average molecular weight is 254 g/mol. The van der Waals surface area contributed by atoms with Crippen LogP contribution in [0.15, 0.2) is 31.3 Å². The van der Waals surface area contributed by atoms with Gasteiger partial charge in [-0.3, -0.25) is 0 Å². The van der Waals surface area contributed by atoms with Crippen molar-refractivity contribution in [1.82, 2.24) is 10.2 Å². The average Bonchev–Trinajstić information content (AvgIpc) is 2.19. The number of halogens is 3. The van der Waals surface area contributed by atoms with Crippen molar-refractivity contribution in [2.24, 2.45) is 0 Å². The van der Waals surface area contributed by atoms with Crippen molar-refractivity contribution in [3.8, 4) is 0 Å². The fraction of sp³-hybridized carbons (Fsp3) is 0.111. The van der Waals surface area contributed by atoms with Crippen molar-refractivity contribution in [3.63, 3.8) is 0 Å². The molecule has 0 aliphatic rings. The molecule has 0 aromatic carbocycles. The summed E-state index contributed by atoms with van der Waals surface area (Å²) in [4.78, 5) is 0. The molecule has 2 nitrogen and oxygen atoms in total. The molecule has 1 aromatic rings. The van der Waals surface area contributed by atoms with Gasteiger partial charge in [-0.05, 0) is 25.1 Å². The second kappa shape index (κ2) is 9.12. The van der Waals surface area contributed by atoms with Gasteiger partial charge in [0.2, 0.25) is 0 Å². The Labute approximate surface area is 136 Å². The number of aromatic nitrogens is 2. The summed E-state index contributed by atoms with van der Waals surface area (Å²) in [7, 11) is 0. The Balaban J connectivity index is 0. The molecule has 0 bridgehead atoms. The van der Waals surface area contributed by atoms with Crippen LogP contribution in [0, 0.1) is 6.92 Å². The van der Waals surface area contributed by atoms with Crippen molar-refractivity contribution in [1.29, 1.82) is 0 Å². The van der Waals surface area contributed by atoms with E-state index in [2.05, 4.69) is 23.4 Å². The minimum absolute atomic E-state index is 0. The zero-order chi connectivity index (χ0) is 11.9. The fourth-order valence-electron chi connectivity index (χ4n) is 0.518. The molecule has 1 heterocycles. The smallest absolute Gasteiger partial charge is 0.445 e. The summed E-state index contributed by atoms with van der Waals surface area (Å²) in [6.45, 7) is 3.27. The standard InChI is InChI=1S/C7H8N2.C2H3BF3.K/c1-3-7-5-4-6(2)8-9-7;1-2-3(4,5)6;/h3-5H,1H2,2H3;2H,1H2;/q;-1;+1. The first-order valence-electron chi connectivity index (χ1n) is 4.15. The minimum atomic E-state index is -4.72. The third kappa shape index (κ3) is 10.6. The molecule has 16 heavy (non-hydrogen) atoms. The van der Waals surface area contributed by atoms with Gasteiger partial charge in [-0.15, -0.1) is 6.58 Å². The van der Waals surface area contributed by atoms with E-state index in [4.69, 9.17) is 0 Å². The zero-order valence-corrected chi connectivity index (χ0v) is 12.5. The zero-order valence-electron chi connectivity index (χ0n) is 9.33. The number of hydrogen-bond donors (Lipinski definition) is 0. The van der Waals surface area contributed by atoms with Gasteiger partial charge in [0.05, 0.1) is 11.4 Å². The Morgan fingerprint density at radius 3 is 1.94 bits per heavy atom. The quantitative estimate of drug-likeness (QED) is 0.694. The van der Waals surface area contributed by atoms with Gasteiger partial charge in [0.1, 0.15) is 0 Å². The number of aryl methyl sites for hydroxylation is 1. The van der Waals surface area contributed by atoms with Gasteiger partial charge in [0.15, 0.2) is 0 Å². The predicted molar refractivity (Wildman–Crippen MR) is 56.1 cm³/mol. The molecule has 0 unspecified atom stereocenters. The summed E-state index contributed by atoms with van der Waals surface area (Å²) in [5.41, 5.74) is 1.75.